The zero-order valence-electron chi connectivity index (χ0n) is 12.4. The molecule has 2 bridgehead atoms. The number of nitrogens with one attached hydrogen (secondary N) is 1. The standard InChI is InChI=1S/C18H26FN/c1-2-8-20-18(15-4-3-5-17(19)11-15)12-16-10-13-6-7-14(16)9-13/h3-5,11,13-14,16,18,20H,2,6-10,12H2,1H3. The first-order valence-electron chi connectivity index (χ1n) is 8.25. The van der Waals surface area contributed by atoms with Crippen molar-refractivity contribution in [2.45, 2.75) is 51.5 Å². The molecular formula is C18H26FN. The van der Waals surface area contributed by atoms with Gasteiger partial charge in [0.05, 0.1) is 0 Å². The molecule has 0 saturated heterocycles. The van der Waals surface area contributed by atoms with Gasteiger partial charge in [-0.1, -0.05) is 25.5 Å². The lowest BCUT2D eigenvalue weighted by atomic mass is 9.82. The molecule has 1 aromatic carbocycles. The van der Waals surface area contributed by atoms with E-state index in [9.17, 15) is 4.39 Å². The highest BCUT2D eigenvalue weighted by molar-refractivity contribution is 5.20. The van der Waals surface area contributed by atoms with Gasteiger partial charge >= 0.3 is 0 Å². The second-order valence-corrected chi connectivity index (χ2v) is 6.73. The SMILES string of the molecule is CCCNC(CC1CC2CCC1C2)c1cccc(F)c1. The van der Waals surface area contributed by atoms with Crippen molar-refractivity contribution in [1.29, 1.82) is 0 Å². The summed E-state index contributed by atoms with van der Waals surface area (Å²) in [6, 6.07) is 7.49. The van der Waals surface area contributed by atoms with Crippen molar-refractivity contribution >= 4 is 0 Å². The molecule has 0 aliphatic heterocycles. The van der Waals surface area contributed by atoms with Gasteiger partial charge in [0.2, 0.25) is 0 Å². The van der Waals surface area contributed by atoms with E-state index < -0.39 is 0 Å². The van der Waals surface area contributed by atoms with Gasteiger partial charge in [-0.05, 0) is 74.1 Å². The van der Waals surface area contributed by atoms with E-state index in [1.807, 2.05) is 6.07 Å². The first kappa shape index (κ1) is 14.1. The molecular weight excluding hydrogens is 249 g/mol. The fourth-order valence-corrected chi connectivity index (χ4v) is 4.35. The van der Waals surface area contributed by atoms with Crippen LogP contribution in [0.15, 0.2) is 24.3 Å². The van der Waals surface area contributed by atoms with Crippen LogP contribution in [0.5, 0.6) is 0 Å². The molecule has 1 aromatic rings. The topological polar surface area (TPSA) is 12.0 Å². The van der Waals surface area contributed by atoms with Crippen LogP contribution in [0.1, 0.15) is 57.1 Å². The first-order valence-corrected chi connectivity index (χ1v) is 8.25. The maximum atomic E-state index is 13.5. The van der Waals surface area contributed by atoms with Gasteiger partial charge in [0, 0.05) is 6.04 Å². The average molecular weight is 275 g/mol. The van der Waals surface area contributed by atoms with Crippen molar-refractivity contribution in [3.05, 3.63) is 35.6 Å². The quantitative estimate of drug-likeness (QED) is 0.794. The third kappa shape index (κ3) is 3.06. The van der Waals surface area contributed by atoms with Crippen LogP contribution in [-0.2, 0) is 0 Å². The van der Waals surface area contributed by atoms with Gasteiger partial charge < -0.3 is 5.32 Å². The molecule has 2 heteroatoms. The van der Waals surface area contributed by atoms with Crippen molar-refractivity contribution in [2.24, 2.45) is 17.8 Å². The van der Waals surface area contributed by atoms with Crippen LogP contribution in [0.25, 0.3) is 0 Å². The van der Waals surface area contributed by atoms with Crippen LogP contribution in [-0.4, -0.2) is 6.54 Å². The summed E-state index contributed by atoms with van der Waals surface area (Å²) in [5.74, 6) is 2.67. The van der Waals surface area contributed by atoms with Crippen molar-refractivity contribution in [3.8, 4) is 0 Å². The Morgan fingerprint density at radius 1 is 1.30 bits per heavy atom. The van der Waals surface area contributed by atoms with E-state index in [0.717, 1.165) is 36.3 Å². The average Bonchev–Trinajstić information content (AvgIpc) is 3.06. The highest BCUT2D eigenvalue weighted by Gasteiger charge is 2.40. The zero-order chi connectivity index (χ0) is 13.9. The normalized spacial score (nSPS) is 29.8. The Morgan fingerprint density at radius 2 is 2.20 bits per heavy atom. The lowest BCUT2D eigenvalue weighted by Gasteiger charge is -2.28. The summed E-state index contributed by atoms with van der Waals surface area (Å²) in [5.41, 5.74) is 1.13. The smallest absolute Gasteiger partial charge is 0.123 e. The van der Waals surface area contributed by atoms with Crippen molar-refractivity contribution < 1.29 is 4.39 Å². The third-order valence-corrected chi connectivity index (χ3v) is 5.31. The molecule has 0 radical (unpaired) electrons. The van der Waals surface area contributed by atoms with Crippen LogP contribution in [0.3, 0.4) is 0 Å². The highest BCUT2D eigenvalue weighted by Crippen LogP contribution is 2.50. The number of hydrogen-bond acceptors (Lipinski definition) is 1. The van der Waals surface area contributed by atoms with Crippen molar-refractivity contribution in [1.82, 2.24) is 5.32 Å². The molecule has 20 heavy (non-hydrogen) atoms. The number of halogens is 1. The maximum Gasteiger partial charge on any atom is 0.123 e. The minimum Gasteiger partial charge on any atom is -0.310 e. The minimum atomic E-state index is -0.112. The van der Waals surface area contributed by atoms with Crippen LogP contribution >= 0.6 is 0 Å². The molecule has 4 unspecified atom stereocenters. The summed E-state index contributed by atoms with van der Waals surface area (Å²) in [6.07, 6.45) is 8.05. The molecule has 1 N–H and O–H groups in total. The summed E-state index contributed by atoms with van der Waals surface area (Å²) >= 11 is 0. The number of hydrogen-bond donors (Lipinski definition) is 1. The van der Waals surface area contributed by atoms with E-state index in [-0.39, 0.29) is 5.82 Å². The molecule has 0 spiro atoms. The Labute approximate surface area is 122 Å². The Hall–Kier alpha value is -0.890. The highest BCUT2D eigenvalue weighted by atomic mass is 19.1. The van der Waals surface area contributed by atoms with E-state index in [1.54, 1.807) is 6.07 Å². The second-order valence-electron chi connectivity index (χ2n) is 6.73. The van der Waals surface area contributed by atoms with Gasteiger partial charge in [-0.25, -0.2) is 4.39 Å². The second kappa shape index (κ2) is 6.26. The lowest BCUT2D eigenvalue weighted by Crippen LogP contribution is -2.26. The first-order chi connectivity index (χ1) is 9.76. The van der Waals surface area contributed by atoms with Crippen LogP contribution < -0.4 is 5.32 Å². The fraction of sp³-hybridized carbons (Fsp3) is 0.667. The summed E-state index contributed by atoms with van der Waals surface area (Å²) in [5, 5.41) is 3.63. The van der Waals surface area contributed by atoms with Gasteiger partial charge in [0.1, 0.15) is 5.82 Å². The number of benzene rings is 1. The fourth-order valence-electron chi connectivity index (χ4n) is 4.35. The van der Waals surface area contributed by atoms with Gasteiger partial charge in [0.15, 0.2) is 0 Å². The zero-order valence-corrected chi connectivity index (χ0v) is 12.4. The summed E-state index contributed by atoms with van der Waals surface area (Å²) in [7, 11) is 0. The molecule has 2 aliphatic carbocycles. The van der Waals surface area contributed by atoms with E-state index in [1.165, 1.54) is 38.2 Å². The molecule has 0 heterocycles. The summed E-state index contributed by atoms with van der Waals surface area (Å²) in [4.78, 5) is 0. The van der Waals surface area contributed by atoms with Crippen LogP contribution in [0.2, 0.25) is 0 Å². The monoisotopic (exact) mass is 275 g/mol. The Morgan fingerprint density at radius 3 is 2.85 bits per heavy atom. The molecule has 110 valence electrons. The Kier molecular flexibility index (Phi) is 4.40. The molecule has 0 aromatic heterocycles. The molecule has 3 rings (SSSR count). The van der Waals surface area contributed by atoms with E-state index >= 15 is 0 Å². The van der Waals surface area contributed by atoms with Crippen LogP contribution in [0.4, 0.5) is 4.39 Å². The van der Waals surface area contributed by atoms with E-state index in [0.29, 0.717) is 6.04 Å². The predicted molar refractivity (Wildman–Crippen MR) is 81.0 cm³/mol. The van der Waals surface area contributed by atoms with Crippen LogP contribution in [0, 0.1) is 23.6 Å². The molecule has 0 amide bonds. The Bertz CT molecular complexity index is 445. The van der Waals surface area contributed by atoms with E-state index in [4.69, 9.17) is 0 Å². The third-order valence-electron chi connectivity index (χ3n) is 5.31. The van der Waals surface area contributed by atoms with Crippen molar-refractivity contribution in [3.63, 3.8) is 0 Å². The largest absolute Gasteiger partial charge is 0.310 e. The molecule has 2 saturated carbocycles. The number of fused-ring (bicyclic) bond motifs is 2. The predicted octanol–water partition coefficient (Wildman–Crippen LogP) is 4.69. The van der Waals surface area contributed by atoms with Crippen molar-refractivity contribution in [2.75, 3.05) is 6.54 Å². The van der Waals surface area contributed by atoms with E-state index in [2.05, 4.69) is 18.3 Å². The van der Waals surface area contributed by atoms with Gasteiger partial charge in [-0.2, -0.15) is 0 Å². The lowest BCUT2D eigenvalue weighted by molar-refractivity contribution is 0.279. The van der Waals surface area contributed by atoms with Gasteiger partial charge in [-0.15, -0.1) is 0 Å². The van der Waals surface area contributed by atoms with Gasteiger partial charge in [-0.3, -0.25) is 0 Å². The molecule has 1 nitrogen and oxygen atoms in total. The molecule has 2 fully saturated rings. The molecule has 4 atom stereocenters. The Balaban J connectivity index is 1.69. The number of rotatable bonds is 6. The van der Waals surface area contributed by atoms with Gasteiger partial charge in [0.25, 0.3) is 0 Å². The molecule has 2 aliphatic rings. The minimum absolute atomic E-state index is 0.112. The maximum absolute atomic E-state index is 13.5. The summed E-state index contributed by atoms with van der Waals surface area (Å²) < 4.78 is 13.5. The summed E-state index contributed by atoms with van der Waals surface area (Å²) in [6.45, 7) is 3.20.